The number of hydrogen-bond acceptors (Lipinski definition) is 2. The minimum absolute atomic E-state index is 0.0189. The lowest BCUT2D eigenvalue weighted by Gasteiger charge is -2.33. The Labute approximate surface area is 143 Å². The number of benzene rings is 1. The number of nitrogens with zero attached hydrogens (tertiary/aromatic N) is 1. The van der Waals surface area contributed by atoms with Gasteiger partial charge in [-0.2, -0.15) is 0 Å². The Bertz CT molecular complexity index is 555. The fourth-order valence-electron chi connectivity index (χ4n) is 2.79. The van der Waals surface area contributed by atoms with Crippen molar-refractivity contribution in [2.75, 3.05) is 14.2 Å². The minimum atomic E-state index is 0.0189. The summed E-state index contributed by atoms with van der Waals surface area (Å²) in [5.74, 6) is 0.723. The highest BCUT2D eigenvalue weighted by Gasteiger charge is 2.31. The maximum Gasteiger partial charge on any atom is 0.216 e. The summed E-state index contributed by atoms with van der Waals surface area (Å²) in [4.78, 5) is 4.41. The van der Waals surface area contributed by atoms with Crippen LogP contribution in [-0.2, 0) is 21.0 Å². The Kier molecular flexibility index (Phi) is 5.40. The van der Waals surface area contributed by atoms with Gasteiger partial charge in [0, 0.05) is 12.6 Å². The molecular weight excluding hydrogens is 282 g/mol. The standard InChI is InChI=1S/C21H35NO/c1-19(2,3)14-12-15(20(4,5)6)17(18(22-10)23-11)16(13-14)21(7,8)9/h12-13H,1-11H3. The van der Waals surface area contributed by atoms with Crippen LogP contribution < -0.4 is 0 Å². The summed E-state index contributed by atoms with van der Waals surface area (Å²) in [5, 5.41) is 0. The molecule has 0 amide bonds. The minimum Gasteiger partial charge on any atom is -0.481 e. The van der Waals surface area contributed by atoms with E-state index < -0.39 is 0 Å². The van der Waals surface area contributed by atoms with Gasteiger partial charge in [0.15, 0.2) is 0 Å². The van der Waals surface area contributed by atoms with Crippen LogP contribution in [0, 0.1) is 0 Å². The predicted octanol–water partition coefficient (Wildman–Crippen LogP) is 5.60. The molecule has 0 bridgehead atoms. The normalized spacial score (nSPS) is 14.1. The second-order valence-corrected chi connectivity index (χ2v) is 9.43. The van der Waals surface area contributed by atoms with Gasteiger partial charge in [-0.15, -0.1) is 0 Å². The first-order valence-electron chi connectivity index (χ1n) is 8.44. The summed E-state index contributed by atoms with van der Waals surface area (Å²) in [5.41, 5.74) is 5.27. The average Bonchev–Trinajstić information content (AvgIpc) is 2.36. The van der Waals surface area contributed by atoms with Gasteiger partial charge in [0.05, 0.1) is 7.11 Å². The maximum atomic E-state index is 5.63. The monoisotopic (exact) mass is 317 g/mol. The Morgan fingerprint density at radius 3 is 1.39 bits per heavy atom. The molecule has 0 atom stereocenters. The summed E-state index contributed by atoms with van der Waals surface area (Å²) >= 11 is 0. The van der Waals surface area contributed by atoms with Crippen LogP contribution in [-0.4, -0.2) is 20.1 Å². The molecule has 0 aliphatic heterocycles. The maximum absolute atomic E-state index is 5.63. The summed E-state index contributed by atoms with van der Waals surface area (Å²) in [6.07, 6.45) is 0. The highest BCUT2D eigenvalue weighted by molar-refractivity contribution is 5.98. The fourth-order valence-corrected chi connectivity index (χ4v) is 2.79. The van der Waals surface area contributed by atoms with Crippen LogP contribution >= 0.6 is 0 Å². The van der Waals surface area contributed by atoms with E-state index in [0.29, 0.717) is 0 Å². The van der Waals surface area contributed by atoms with Gasteiger partial charge in [-0.3, -0.25) is 4.99 Å². The second kappa shape index (κ2) is 6.30. The van der Waals surface area contributed by atoms with Crippen molar-refractivity contribution in [2.45, 2.75) is 78.6 Å². The van der Waals surface area contributed by atoms with Gasteiger partial charge in [-0.25, -0.2) is 0 Å². The van der Waals surface area contributed by atoms with Crippen molar-refractivity contribution >= 4 is 5.90 Å². The molecule has 0 N–H and O–H groups in total. The van der Waals surface area contributed by atoms with Gasteiger partial charge < -0.3 is 4.74 Å². The molecule has 0 radical (unpaired) electrons. The van der Waals surface area contributed by atoms with Crippen molar-refractivity contribution in [3.63, 3.8) is 0 Å². The number of methoxy groups -OCH3 is 1. The van der Waals surface area contributed by atoms with E-state index >= 15 is 0 Å². The molecule has 0 aliphatic rings. The SMILES string of the molecule is CN=C(OC)c1c(C(C)(C)C)cc(C(C)(C)C)cc1C(C)(C)C. The molecule has 0 saturated carbocycles. The van der Waals surface area contributed by atoms with Crippen molar-refractivity contribution in [2.24, 2.45) is 4.99 Å². The average molecular weight is 318 g/mol. The van der Waals surface area contributed by atoms with E-state index in [-0.39, 0.29) is 16.2 Å². The predicted molar refractivity (Wildman–Crippen MR) is 102 cm³/mol. The molecule has 130 valence electrons. The Morgan fingerprint density at radius 1 is 0.783 bits per heavy atom. The van der Waals surface area contributed by atoms with Crippen LogP contribution in [0.4, 0.5) is 0 Å². The molecule has 2 nitrogen and oxygen atoms in total. The molecule has 0 saturated heterocycles. The highest BCUT2D eigenvalue weighted by atomic mass is 16.5. The zero-order valence-corrected chi connectivity index (χ0v) is 17.0. The van der Waals surface area contributed by atoms with Crippen molar-refractivity contribution < 1.29 is 4.74 Å². The van der Waals surface area contributed by atoms with E-state index in [0.717, 1.165) is 11.5 Å². The zero-order valence-electron chi connectivity index (χ0n) is 17.0. The molecule has 0 aromatic heterocycles. The topological polar surface area (TPSA) is 21.6 Å². The van der Waals surface area contributed by atoms with E-state index in [1.165, 1.54) is 16.7 Å². The molecule has 23 heavy (non-hydrogen) atoms. The number of aliphatic imine (C=N–C) groups is 1. The van der Waals surface area contributed by atoms with Gasteiger partial charge in [0.2, 0.25) is 5.90 Å². The summed E-state index contributed by atoms with van der Waals surface area (Å²) in [7, 11) is 3.51. The molecule has 1 aromatic carbocycles. The lowest BCUT2D eigenvalue weighted by atomic mass is 9.72. The van der Waals surface area contributed by atoms with Crippen molar-refractivity contribution in [1.82, 2.24) is 0 Å². The third-order valence-corrected chi connectivity index (χ3v) is 4.23. The Morgan fingerprint density at radius 2 is 1.17 bits per heavy atom. The van der Waals surface area contributed by atoms with Gasteiger partial charge >= 0.3 is 0 Å². The largest absolute Gasteiger partial charge is 0.481 e. The molecule has 0 spiro atoms. The quantitative estimate of drug-likeness (QED) is 0.488. The van der Waals surface area contributed by atoms with E-state index in [9.17, 15) is 0 Å². The van der Waals surface area contributed by atoms with E-state index in [2.05, 4.69) is 79.4 Å². The lowest BCUT2D eigenvalue weighted by Crippen LogP contribution is -2.27. The van der Waals surface area contributed by atoms with Crippen LogP contribution in [0.15, 0.2) is 17.1 Å². The van der Waals surface area contributed by atoms with Gasteiger partial charge in [0.1, 0.15) is 0 Å². The van der Waals surface area contributed by atoms with Gasteiger partial charge in [0.25, 0.3) is 0 Å². The van der Waals surface area contributed by atoms with Crippen molar-refractivity contribution in [3.8, 4) is 0 Å². The zero-order chi connectivity index (χ0) is 18.2. The smallest absolute Gasteiger partial charge is 0.216 e. The Balaban J connectivity index is 3.98. The number of hydrogen-bond donors (Lipinski definition) is 0. The van der Waals surface area contributed by atoms with Crippen LogP contribution in [0.1, 0.15) is 84.6 Å². The second-order valence-electron chi connectivity index (χ2n) is 9.43. The van der Waals surface area contributed by atoms with Gasteiger partial charge in [-0.1, -0.05) is 74.4 Å². The first-order valence-corrected chi connectivity index (χ1v) is 8.44. The van der Waals surface area contributed by atoms with Crippen molar-refractivity contribution in [3.05, 3.63) is 34.4 Å². The third-order valence-electron chi connectivity index (χ3n) is 4.23. The molecule has 1 rings (SSSR count). The molecule has 2 heteroatoms. The van der Waals surface area contributed by atoms with Crippen LogP contribution in [0.3, 0.4) is 0 Å². The highest BCUT2D eigenvalue weighted by Crippen LogP contribution is 2.38. The summed E-state index contributed by atoms with van der Waals surface area (Å²) < 4.78 is 5.63. The molecular formula is C21H35NO. The molecule has 0 aliphatic carbocycles. The third kappa shape index (κ3) is 4.37. The molecule has 0 unspecified atom stereocenters. The van der Waals surface area contributed by atoms with Crippen LogP contribution in [0.5, 0.6) is 0 Å². The molecule has 1 aromatic rings. The van der Waals surface area contributed by atoms with E-state index in [1.807, 2.05) is 0 Å². The molecule has 0 heterocycles. The van der Waals surface area contributed by atoms with Crippen LogP contribution in [0.2, 0.25) is 0 Å². The first kappa shape index (κ1) is 19.7. The summed E-state index contributed by atoms with van der Waals surface area (Å²) in [6, 6.07) is 4.68. The van der Waals surface area contributed by atoms with E-state index in [1.54, 1.807) is 14.2 Å². The van der Waals surface area contributed by atoms with Crippen molar-refractivity contribution in [1.29, 1.82) is 0 Å². The van der Waals surface area contributed by atoms with E-state index in [4.69, 9.17) is 4.74 Å². The lowest BCUT2D eigenvalue weighted by molar-refractivity contribution is 0.400. The summed E-state index contributed by atoms with van der Waals surface area (Å²) in [6.45, 7) is 20.4. The van der Waals surface area contributed by atoms with Crippen LogP contribution in [0.25, 0.3) is 0 Å². The number of ether oxygens (including phenoxy) is 1. The molecule has 0 fully saturated rings. The fraction of sp³-hybridized carbons (Fsp3) is 0.667. The first-order chi connectivity index (χ1) is 10.2. The Hall–Kier alpha value is -1.31. The number of rotatable bonds is 1. The van der Waals surface area contributed by atoms with Gasteiger partial charge in [-0.05, 0) is 32.9 Å².